The fourth-order valence-electron chi connectivity index (χ4n) is 4.13. The summed E-state index contributed by atoms with van der Waals surface area (Å²) in [4.78, 5) is 25.5. The number of anilines is 1. The van der Waals surface area contributed by atoms with Crippen molar-refractivity contribution in [1.29, 1.82) is 0 Å². The molecular formula is C22H29F3N2O4. The summed E-state index contributed by atoms with van der Waals surface area (Å²) in [5.74, 6) is -0.968. The standard InChI is InChI=1S/C22H29F3N2O4/c1-2-30-21(29)9-11-26-14-20(28)27-12-10-15-13-18(7-8-19(15)27)31-17-5-3-16(4-6-17)22(23,24)25/h7-8,13,16-17,26H,2-6,9-12,14H2,1H3/t16-,17-. The van der Waals surface area contributed by atoms with Gasteiger partial charge in [0.1, 0.15) is 5.75 Å². The second kappa shape index (κ2) is 10.3. The minimum Gasteiger partial charge on any atom is -0.490 e. The molecular weight excluding hydrogens is 413 g/mol. The third-order valence-electron chi connectivity index (χ3n) is 5.77. The number of nitrogens with zero attached hydrogens (tertiary/aromatic N) is 1. The molecule has 0 atom stereocenters. The lowest BCUT2D eigenvalue weighted by molar-refractivity contribution is -0.185. The first-order valence-electron chi connectivity index (χ1n) is 10.8. The van der Waals surface area contributed by atoms with Crippen molar-refractivity contribution < 1.29 is 32.2 Å². The number of halogens is 3. The summed E-state index contributed by atoms with van der Waals surface area (Å²) < 4.78 is 49.2. The highest BCUT2D eigenvalue weighted by molar-refractivity contribution is 5.96. The van der Waals surface area contributed by atoms with Gasteiger partial charge >= 0.3 is 12.1 Å². The highest BCUT2D eigenvalue weighted by Crippen LogP contribution is 2.39. The molecule has 1 aromatic carbocycles. The smallest absolute Gasteiger partial charge is 0.391 e. The van der Waals surface area contributed by atoms with E-state index in [1.165, 1.54) is 0 Å². The maximum atomic E-state index is 12.8. The van der Waals surface area contributed by atoms with Gasteiger partial charge in [0.05, 0.1) is 31.6 Å². The Bertz CT molecular complexity index is 777. The summed E-state index contributed by atoms with van der Waals surface area (Å²) in [5.41, 5.74) is 1.81. The number of carbonyl (C=O) groups is 2. The van der Waals surface area contributed by atoms with Gasteiger partial charge < -0.3 is 19.7 Å². The molecule has 0 aromatic heterocycles. The minimum atomic E-state index is -4.12. The molecule has 0 unspecified atom stereocenters. The van der Waals surface area contributed by atoms with E-state index >= 15 is 0 Å². The molecule has 6 nitrogen and oxygen atoms in total. The molecule has 1 fully saturated rings. The zero-order valence-electron chi connectivity index (χ0n) is 17.7. The number of ether oxygens (including phenoxy) is 2. The number of rotatable bonds is 8. The Morgan fingerprint density at radius 1 is 1.19 bits per heavy atom. The maximum absolute atomic E-state index is 12.8. The van der Waals surface area contributed by atoms with Crippen molar-refractivity contribution in [3.63, 3.8) is 0 Å². The van der Waals surface area contributed by atoms with Gasteiger partial charge in [0.15, 0.2) is 0 Å². The van der Waals surface area contributed by atoms with Crippen LogP contribution in [-0.2, 0) is 20.7 Å². The molecule has 172 valence electrons. The van der Waals surface area contributed by atoms with Gasteiger partial charge in [-0.05, 0) is 62.8 Å². The molecule has 1 amide bonds. The highest BCUT2D eigenvalue weighted by atomic mass is 19.4. The van der Waals surface area contributed by atoms with Crippen LogP contribution in [0.4, 0.5) is 18.9 Å². The molecule has 9 heteroatoms. The topological polar surface area (TPSA) is 67.9 Å². The molecule has 1 saturated carbocycles. The summed E-state index contributed by atoms with van der Waals surface area (Å²) in [5, 5.41) is 2.97. The van der Waals surface area contributed by atoms with Gasteiger partial charge in [-0.15, -0.1) is 0 Å². The van der Waals surface area contributed by atoms with Crippen LogP contribution >= 0.6 is 0 Å². The zero-order chi connectivity index (χ0) is 22.4. The first kappa shape index (κ1) is 23.4. The number of nitrogens with one attached hydrogen (secondary N) is 1. The normalized spacial score (nSPS) is 21.0. The van der Waals surface area contributed by atoms with Crippen LogP contribution in [0.3, 0.4) is 0 Å². The van der Waals surface area contributed by atoms with Crippen LogP contribution in [0.15, 0.2) is 18.2 Å². The van der Waals surface area contributed by atoms with Crippen LogP contribution in [0.2, 0.25) is 0 Å². The Morgan fingerprint density at radius 2 is 1.94 bits per heavy atom. The predicted octanol–water partition coefficient (Wildman–Crippen LogP) is 3.62. The Balaban J connectivity index is 1.47. The molecule has 1 aliphatic carbocycles. The van der Waals surface area contributed by atoms with Gasteiger partial charge in [-0.1, -0.05) is 0 Å². The zero-order valence-corrected chi connectivity index (χ0v) is 17.7. The van der Waals surface area contributed by atoms with E-state index in [0.717, 1.165) is 11.3 Å². The van der Waals surface area contributed by atoms with Crippen molar-refractivity contribution in [3.8, 4) is 5.75 Å². The largest absolute Gasteiger partial charge is 0.490 e. The third kappa shape index (κ3) is 6.35. The van der Waals surface area contributed by atoms with Crippen LogP contribution in [0.1, 0.15) is 44.6 Å². The van der Waals surface area contributed by atoms with Crippen LogP contribution in [-0.4, -0.2) is 50.4 Å². The average molecular weight is 442 g/mol. The van der Waals surface area contributed by atoms with Crippen molar-refractivity contribution in [2.24, 2.45) is 5.92 Å². The van der Waals surface area contributed by atoms with E-state index in [2.05, 4.69) is 5.32 Å². The van der Waals surface area contributed by atoms with E-state index in [0.29, 0.717) is 44.7 Å². The SMILES string of the molecule is CCOC(=O)CCNCC(=O)N1CCc2cc(O[C@H]3CC[C@H](C(F)(F)F)CC3)ccc21. The number of fused-ring (bicyclic) bond motifs is 1. The summed E-state index contributed by atoms with van der Waals surface area (Å²) in [6, 6.07) is 5.48. The van der Waals surface area contributed by atoms with Crippen LogP contribution in [0.25, 0.3) is 0 Å². The Labute approximate surface area is 180 Å². The monoisotopic (exact) mass is 442 g/mol. The average Bonchev–Trinajstić information content (AvgIpc) is 3.14. The molecule has 2 aliphatic rings. The predicted molar refractivity (Wildman–Crippen MR) is 109 cm³/mol. The molecule has 0 radical (unpaired) electrons. The summed E-state index contributed by atoms with van der Waals surface area (Å²) >= 11 is 0. The molecule has 1 N–H and O–H groups in total. The number of esters is 1. The number of benzene rings is 1. The van der Waals surface area contributed by atoms with Crippen molar-refractivity contribution in [3.05, 3.63) is 23.8 Å². The molecule has 31 heavy (non-hydrogen) atoms. The third-order valence-corrected chi connectivity index (χ3v) is 5.77. The van der Waals surface area contributed by atoms with Gasteiger partial charge in [0, 0.05) is 18.8 Å². The maximum Gasteiger partial charge on any atom is 0.391 e. The first-order valence-corrected chi connectivity index (χ1v) is 10.8. The van der Waals surface area contributed by atoms with Crippen molar-refractivity contribution in [2.75, 3.05) is 31.1 Å². The van der Waals surface area contributed by atoms with Gasteiger partial charge in [-0.2, -0.15) is 13.2 Å². The van der Waals surface area contributed by atoms with Crippen LogP contribution in [0, 0.1) is 5.92 Å². The van der Waals surface area contributed by atoms with E-state index in [4.69, 9.17) is 9.47 Å². The summed E-state index contributed by atoms with van der Waals surface area (Å²) in [7, 11) is 0. The van der Waals surface area contributed by atoms with E-state index in [1.807, 2.05) is 12.1 Å². The van der Waals surface area contributed by atoms with Gasteiger partial charge in [0.25, 0.3) is 0 Å². The quantitative estimate of drug-likeness (QED) is 0.492. The number of hydrogen-bond acceptors (Lipinski definition) is 5. The van der Waals surface area contributed by atoms with Crippen LogP contribution < -0.4 is 15.0 Å². The highest BCUT2D eigenvalue weighted by Gasteiger charge is 2.41. The molecule has 1 aromatic rings. The molecule has 0 bridgehead atoms. The molecule has 0 saturated heterocycles. The molecule has 3 rings (SSSR count). The fourth-order valence-corrected chi connectivity index (χ4v) is 4.13. The molecule has 1 aliphatic heterocycles. The fraction of sp³-hybridized carbons (Fsp3) is 0.636. The van der Waals surface area contributed by atoms with E-state index in [9.17, 15) is 22.8 Å². The van der Waals surface area contributed by atoms with Crippen LogP contribution in [0.5, 0.6) is 5.75 Å². The number of hydrogen-bond donors (Lipinski definition) is 1. The lowest BCUT2D eigenvalue weighted by Crippen LogP contribution is -2.37. The molecule has 0 spiro atoms. The second-order valence-corrected chi connectivity index (χ2v) is 7.95. The number of alkyl halides is 3. The summed E-state index contributed by atoms with van der Waals surface area (Å²) in [6.07, 6.45) is -2.44. The van der Waals surface area contributed by atoms with E-state index in [1.54, 1.807) is 17.9 Å². The van der Waals surface area contributed by atoms with Crippen molar-refractivity contribution in [2.45, 2.75) is 57.7 Å². The van der Waals surface area contributed by atoms with Crippen molar-refractivity contribution in [1.82, 2.24) is 5.32 Å². The summed E-state index contributed by atoms with van der Waals surface area (Å²) in [6.45, 7) is 3.14. The lowest BCUT2D eigenvalue weighted by Gasteiger charge is -2.30. The molecule has 1 heterocycles. The van der Waals surface area contributed by atoms with E-state index < -0.39 is 12.1 Å². The number of amides is 1. The van der Waals surface area contributed by atoms with Gasteiger partial charge in [-0.25, -0.2) is 0 Å². The Kier molecular flexibility index (Phi) is 7.80. The van der Waals surface area contributed by atoms with Crippen molar-refractivity contribution >= 4 is 17.6 Å². The van der Waals surface area contributed by atoms with Gasteiger partial charge in [-0.3, -0.25) is 9.59 Å². The first-order chi connectivity index (χ1) is 14.8. The Hall–Kier alpha value is -2.29. The van der Waals surface area contributed by atoms with Gasteiger partial charge in [0.2, 0.25) is 5.91 Å². The van der Waals surface area contributed by atoms with E-state index in [-0.39, 0.29) is 43.8 Å². The Morgan fingerprint density at radius 3 is 2.61 bits per heavy atom. The lowest BCUT2D eigenvalue weighted by atomic mass is 9.87. The minimum absolute atomic E-state index is 0.0817. The number of carbonyl (C=O) groups excluding carboxylic acids is 2. The second-order valence-electron chi connectivity index (χ2n) is 7.95.